The molecule has 1 saturated heterocycles. The standard InChI is InChI=1S/C16H19FN2O4/c1-11-2-3-12(10-20)9-18(11)16(21)7-5-13-4-6-14(17)8-15(13)19(22)23/h4-8,11-12,20H,2-3,9-10H2,1H3/b7-5+. The lowest BCUT2D eigenvalue weighted by Crippen LogP contribution is -2.45. The van der Waals surface area contributed by atoms with E-state index in [9.17, 15) is 24.4 Å². The molecule has 2 unspecified atom stereocenters. The molecule has 1 aromatic carbocycles. The Labute approximate surface area is 133 Å². The van der Waals surface area contributed by atoms with Crippen molar-refractivity contribution < 1.29 is 19.2 Å². The molecule has 0 aromatic heterocycles. The minimum Gasteiger partial charge on any atom is -0.396 e. The van der Waals surface area contributed by atoms with E-state index in [1.54, 1.807) is 4.90 Å². The Kier molecular flexibility index (Phi) is 5.44. The second-order valence-electron chi connectivity index (χ2n) is 5.76. The molecule has 1 heterocycles. The van der Waals surface area contributed by atoms with Crippen LogP contribution in [0.25, 0.3) is 6.08 Å². The molecule has 0 bridgehead atoms. The monoisotopic (exact) mass is 322 g/mol. The number of carbonyl (C=O) groups excluding carboxylic acids is 1. The van der Waals surface area contributed by atoms with Gasteiger partial charge in [-0.05, 0) is 43.9 Å². The Bertz CT molecular complexity index is 633. The number of nitrogens with zero attached hydrogens (tertiary/aromatic N) is 2. The minimum absolute atomic E-state index is 0.0314. The van der Waals surface area contributed by atoms with Gasteiger partial charge in [0, 0.05) is 25.3 Å². The maximum atomic E-state index is 13.1. The van der Waals surface area contributed by atoms with Gasteiger partial charge >= 0.3 is 0 Å². The summed E-state index contributed by atoms with van der Waals surface area (Å²) < 4.78 is 13.1. The molecular formula is C16H19FN2O4. The van der Waals surface area contributed by atoms with Crippen LogP contribution in [0.1, 0.15) is 25.3 Å². The number of nitro benzene ring substituents is 1. The van der Waals surface area contributed by atoms with Crippen molar-refractivity contribution in [3.8, 4) is 0 Å². The van der Waals surface area contributed by atoms with Gasteiger partial charge in [-0.2, -0.15) is 0 Å². The third-order valence-corrected chi connectivity index (χ3v) is 4.12. The van der Waals surface area contributed by atoms with Crippen LogP contribution < -0.4 is 0 Å². The topological polar surface area (TPSA) is 83.7 Å². The number of aliphatic hydroxyl groups excluding tert-OH is 1. The lowest BCUT2D eigenvalue weighted by Gasteiger charge is -2.36. The molecule has 0 spiro atoms. The highest BCUT2D eigenvalue weighted by Gasteiger charge is 2.27. The van der Waals surface area contributed by atoms with Gasteiger partial charge in [0.1, 0.15) is 5.82 Å². The predicted octanol–water partition coefficient (Wildman–Crippen LogP) is 2.37. The van der Waals surface area contributed by atoms with E-state index in [0.717, 1.165) is 25.0 Å². The molecule has 7 heteroatoms. The van der Waals surface area contributed by atoms with Crippen LogP contribution in [-0.2, 0) is 4.79 Å². The molecule has 6 nitrogen and oxygen atoms in total. The second-order valence-corrected chi connectivity index (χ2v) is 5.76. The van der Waals surface area contributed by atoms with E-state index in [0.29, 0.717) is 6.54 Å². The van der Waals surface area contributed by atoms with Crippen molar-refractivity contribution in [1.29, 1.82) is 0 Å². The predicted molar refractivity (Wildman–Crippen MR) is 83.1 cm³/mol. The van der Waals surface area contributed by atoms with Gasteiger partial charge < -0.3 is 10.0 Å². The fraction of sp³-hybridized carbons (Fsp3) is 0.438. The highest BCUT2D eigenvalue weighted by molar-refractivity contribution is 5.92. The molecule has 2 rings (SSSR count). The molecule has 1 fully saturated rings. The van der Waals surface area contributed by atoms with Crippen LogP contribution in [0.5, 0.6) is 0 Å². The molecule has 0 aliphatic carbocycles. The average molecular weight is 322 g/mol. The summed E-state index contributed by atoms with van der Waals surface area (Å²) >= 11 is 0. The Hall–Kier alpha value is -2.28. The van der Waals surface area contributed by atoms with Gasteiger partial charge in [0.15, 0.2) is 0 Å². The average Bonchev–Trinajstić information content (AvgIpc) is 2.53. The lowest BCUT2D eigenvalue weighted by atomic mass is 9.94. The first-order valence-corrected chi connectivity index (χ1v) is 7.46. The SMILES string of the molecule is CC1CCC(CO)CN1C(=O)/C=C/c1ccc(F)cc1[N+](=O)[O-]. The fourth-order valence-corrected chi connectivity index (χ4v) is 2.71. The number of halogens is 1. The van der Waals surface area contributed by atoms with Crippen molar-refractivity contribution >= 4 is 17.7 Å². The van der Waals surface area contributed by atoms with Crippen LogP contribution in [-0.4, -0.2) is 40.0 Å². The van der Waals surface area contributed by atoms with Gasteiger partial charge in [0.05, 0.1) is 16.6 Å². The molecule has 1 aliphatic rings. The van der Waals surface area contributed by atoms with Gasteiger partial charge in [-0.1, -0.05) is 0 Å². The number of hydrogen-bond acceptors (Lipinski definition) is 4. The van der Waals surface area contributed by atoms with Crippen LogP contribution in [0.2, 0.25) is 0 Å². The first-order chi connectivity index (χ1) is 10.9. The van der Waals surface area contributed by atoms with Gasteiger partial charge in [-0.3, -0.25) is 14.9 Å². The van der Waals surface area contributed by atoms with Crippen molar-refractivity contribution in [2.24, 2.45) is 5.92 Å². The van der Waals surface area contributed by atoms with Gasteiger partial charge in [0.25, 0.3) is 5.69 Å². The lowest BCUT2D eigenvalue weighted by molar-refractivity contribution is -0.385. The van der Waals surface area contributed by atoms with E-state index >= 15 is 0 Å². The molecule has 1 N–H and O–H groups in total. The highest BCUT2D eigenvalue weighted by atomic mass is 19.1. The summed E-state index contributed by atoms with van der Waals surface area (Å²) in [7, 11) is 0. The van der Waals surface area contributed by atoms with E-state index in [-0.39, 0.29) is 35.7 Å². The zero-order valence-electron chi connectivity index (χ0n) is 12.8. The normalized spacial score (nSPS) is 21.6. The van der Waals surface area contributed by atoms with Gasteiger partial charge in [-0.25, -0.2) is 4.39 Å². The summed E-state index contributed by atoms with van der Waals surface area (Å²) in [5.41, 5.74) is -0.206. The largest absolute Gasteiger partial charge is 0.396 e. The van der Waals surface area contributed by atoms with Crippen LogP contribution >= 0.6 is 0 Å². The maximum Gasteiger partial charge on any atom is 0.279 e. The number of hydrogen-bond donors (Lipinski definition) is 1. The van der Waals surface area contributed by atoms with Crippen LogP contribution in [0, 0.1) is 21.8 Å². The summed E-state index contributed by atoms with van der Waals surface area (Å²) in [6.07, 6.45) is 4.27. The summed E-state index contributed by atoms with van der Waals surface area (Å²) in [6.45, 7) is 2.43. The van der Waals surface area contributed by atoms with Crippen LogP contribution in [0.3, 0.4) is 0 Å². The quantitative estimate of drug-likeness (QED) is 0.524. The Balaban J connectivity index is 2.16. The number of rotatable bonds is 4. The molecule has 0 radical (unpaired) electrons. The van der Waals surface area contributed by atoms with Crippen molar-refractivity contribution in [3.05, 3.63) is 45.8 Å². The molecule has 23 heavy (non-hydrogen) atoms. The number of carbonyl (C=O) groups is 1. The van der Waals surface area contributed by atoms with E-state index in [2.05, 4.69) is 0 Å². The smallest absolute Gasteiger partial charge is 0.279 e. The first kappa shape index (κ1) is 17.1. The Morgan fingerprint density at radius 2 is 2.26 bits per heavy atom. The number of benzene rings is 1. The van der Waals surface area contributed by atoms with Crippen molar-refractivity contribution in [3.63, 3.8) is 0 Å². The second kappa shape index (κ2) is 7.32. The summed E-state index contributed by atoms with van der Waals surface area (Å²) in [5.74, 6) is -0.909. The highest BCUT2D eigenvalue weighted by Crippen LogP contribution is 2.24. The summed E-state index contributed by atoms with van der Waals surface area (Å²) in [4.78, 5) is 24.2. The molecular weight excluding hydrogens is 303 g/mol. The Morgan fingerprint density at radius 3 is 2.91 bits per heavy atom. The van der Waals surface area contributed by atoms with Gasteiger partial charge in [-0.15, -0.1) is 0 Å². The summed E-state index contributed by atoms with van der Waals surface area (Å²) in [6, 6.07) is 3.27. The zero-order valence-corrected chi connectivity index (χ0v) is 12.8. The van der Waals surface area contributed by atoms with Gasteiger partial charge in [0.2, 0.25) is 5.91 Å². The number of amides is 1. The molecule has 1 aliphatic heterocycles. The van der Waals surface area contributed by atoms with Crippen molar-refractivity contribution in [1.82, 2.24) is 4.90 Å². The van der Waals surface area contributed by atoms with Crippen LogP contribution in [0.4, 0.5) is 10.1 Å². The first-order valence-electron chi connectivity index (χ1n) is 7.46. The maximum absolute atomic E-state index is 13.1. The summed E-state index contributed by atoms with van der Waals surface area (Å²) in [5, 5.41) is 20.2. The zero-order chi connectivity index (χ0) is 17.0. The molecule has 124 valence electrons. The fourth-order valence-electron chi connectivity index (χ4n) is 2.71. The van der Waals surface area contributed by atoms with E-state index in [1.807, 2.05) is 6.92 Å². The molecule has 0 saturated carbocycles. The number of likely N-dealkylation sites (tertiary alicyclic amines) is 1. The van der Waals surface area contributed by atoms with Crippen molar-refractivity contribution in [2.45, 2.75) is 25.8 Å². The molecule has 2 atom stereocenters. The molecule has 1 aromatic rings. The van der Waals surface area contributed by atoms with E-state index in [1.165, 1.54) is 18.2 Å². The Morgan fingerprint density at radius 1 is 1.52 bits per heavy atom. The number of aliphatic hydroxyl groups is 1. The number of nitro groups is 1. The third kappa shape index (κ3) is 4.13. The van der Waals surface area contributed by atoms with E-state index < -0.39 is 10.7 Å². The third-order valence-electron chi connectivity index (χ3n) is 4.12. The minimum atomic E-state index is -0.699. The number of piperidine rings is 1. The van der Waals surface area contributed by atoms with E-state index in [4.69, 9.17) is 0 Å². The van der Waals surface area contributed by atoms with Crippen LogP contribution in [0.15, 0.2) is 24.3 Å². The van der Waals surface area contributed by atoms with Crippen molar-refractivity contribution in [2.75, 3.05) is 13.2 Å². The molecule has 1 amide bonds.